The van der Waals surface area contributed by atoms with E-state index in [1.807, 2.05) is 24.3 Å². The second kappa shape index (κ2) is 7.50. The van der Waals surface area contributed by atoms with Gasteiger partial charge < -0.3 is 0 Å². The molecule has 2 heteroatoms. The Hall–Kier alpha value is -0.820. The molecule has 1 aromatic carbocycles. The number of rotatable bonds is 7. The Morgan fingerprint density at radius 3 is 2.65 bits per heavy atom. The second-order valence-electron chi connectivity index (χ2n) is 4.74. The third-order valence-electron chi connectivity index (χ3n) is 3.10. The fourth-order valence-corrected chi connectivity index (χ4v) is 2.29. The standard InChI is InChI=1S/C15H21ClO/c1-3-4-5-8-12(2)11-13-9-6-7-10-14(13)15(16)17/h6-7,9-10,12H,3-5,8,11H2,1-2H3. The van der Waals surface area contributed by atoms with E-state index in [4.69, 9.17) is 11.6 Å². The molecule has 0 aromatic heterocycles. The summed E-state index contributed by atoms with van der Waals surface area (Å²) >= 11 is 5.58. The van der Waals surface area contributed by atoms with Gasteiger partial charge in [0, 0.05) is 5.56 Å². The first-order chi connectivity index (χ1) is 8.15. The van der Waals surface area contributed by atoms with Crippen molar-refractivity contribution in [2.24, 2.45) is 5.92 Å². The van der Waals surface area contributed by atoms with E-state index in [-0.39, 0.29) is 5.24 Å². The molecule has 94 valence electrons. The lowest BCUT2D eigenvalue weighted by Gasteiger charge is -2.13. The molecule has 17 heavy (non-hydrogen) atoms. The third kappa shape index (κ3) is 4.91. The van der Waals surface area contributed by atoms with Gasteiger partial charge >= 0.3 is 0 Å². The minimum absolute atomic E-state index is 0.346. The van der Waals surface area contributed by atoms with E-state index in [1.165, 1.54) is 25.7 Å². The van der Waals surface area contributed by atoms with Crippen LogP contribution in [0.1, 0.15) is 55.5 Å². The van der Waals surface area contributed by atoms with Crippen LogP contribution in [0.4, 0.5) is 0 Å². The summed E-state index contributed by atoms with van der Waals surface area (Å²) in [7, 11) is 0. The first-order valence-electron chi connectivity index (χ1n) is 6.42. The SMILES string of the molecule is CCCCCC(C)Cc1ccccc1C(=O)Cl. The highest BCUT2D eigenvalue weighted by atomic mass is 35.5. The van der Waals surface area contributed by atoms with Crippen molar-refractivity contribution < 1.29 is 4.79 Å². The molecule has 0 spiro atoms. The van der Waals surface area contributed by atoms with Crippen LogP contribution in [0.2, 0.25) is 0 Å². The maximum atomic E-state index is 11.3. The van der Waals surface area contributed by atoms with Gasteiger partial charge in [0.25, 0.3) is 5.24 Å². The molecule has 0 saturated carbocycles. The molecule has 1 atom stereocenters. The maximum absolute atomic E-state index is 11.3. The van der Waals surface area contributed by atoms with E-state index in [2.05, 4.69) is 13.8 Å². The summed E-state index contributed by atoms with van der Waals surface area (Å²) in [5.74, 6) is 0.610. The van der Waals surface area contributed by atoms with Crippen LogP contribution in [0.25, 0.3) is 0 Å². The first-order valence-corrected chi connectivity index (χ1v) is 6.80. The molecule has 0 amide bonds. The first kappa shape index (κ1) is 14.2. The summed E-state index contributed by atoms with van der Waals surface area (Å²) < 4.78 is 0. The molecule has 0 aliphatic carbocycles. The lowest BCUT2D eigenvalue weighted by atomic mass is 9.93. The van der Waals surface area contributed by atoms with Crippen molar-refractivity contribution in [3.8, 4) is 0 Å². The fourth-order valence-electron chi connectivity index (χ4n) is 2.11. The fraction of sp³-hybridized carbons (Fsp3) is 0.533. The molecule has 0 N–H and O–H groups in total. The van der Waals surface area contributed by atoms with E-state index in [9.17, 15) is 4.79 Å². The Kier molecular flexibility index (Phi) is 6.28. The van der Waals surface area contributed by atoms with E-state index in [1.54, 1.807) is 0 Å². The van der Waals surface area contributed by atoms with Crippen LogP contribution >= 0.6 is 11.6 Å². The van der Waals surface area contributed by atoms with Gasteiger partial charge in [0.15, 0.2) is 0 Å². The van der Waals surface area contributed by atoms with Crippen molar-refractivity contribution in [1.82, 2.24) is 0 Å². The van der Waals surface area contributed by atoms with Gasteiger partial charge in [0.05, 0.1) is 0 Å². The van der Waals surface area contributed by atoms with Crippen LogP contribution < -0.4 is 0 Å². The van der Waals surface area contributed by atoms with Crippen LogP contribution in [-0.4, -0.2) is 5.24 Å². The van der Waals surface area contributed by atoms with Crippen LogP contribution in [0.15, 0.2) is 24.3 Å². The Morgan fingerprint density at radius 1 is 1.29 bits per heavy atom. The lowest BCUT2D eigenvalue weighted by molar-refractivity contribution is 0.108. The number of hydrogen-bond donors (Lipinski definition) is 0. The molecular weight excluding hydrogens is 232 g/mol. The van der Waals surface area contributed by atoms with E-state index in [0.29, 0.717) is 11.5 Å². The van der Waals surface area contributed by atoms with Crippen molar-refractivity contribution in [2.75, 3.05) is 0 Å². The molecule has 0 saturated heterocycles. The highest BCUT2D eigenvalue weighted by molar-refractivity contribution is 6.67. The van der Waals surface area contributed by atoms with Crippen LogP contribution in [-0.2, 0) is 6.42 Å². The molecular formula is C15H21ClO. The maximum Gasteiger partial charge on any atom is 0.252 e. The summed E-state index contributed by atoms with van der Waals surface area (Å²) in [6, 6.07) is 7.65. The number of benzene rings is 1. The lowest BCUT2D eigenvalue weighted by Crippen LogP contribution is -2.04. The zero-order valence-corrected chi connectivity index (χ0v) is 11.5. The number of halogens is 1. The van der Waals surface area contributed by atoms with Crippen LogP contribution in [0.5, 0.6) is 0 Å². The summed E-state index contributed by atoms with van der Waals surface area (Å²) in [5.41, 5.74) is 1.74. The van der Waals surface area contributed by atoms with Crippen molar-refractivity contribution in [2.45, 2.75) is 46.0 Å². The number of unbranched alkanes of at least 4 members (excludes halogenated alkanes) is 2. The molecule has 0 aliphatic heterocycles. The Balaban J connectivity index is 2.58. The Labute approximate surface area is 109 Å². The Bertz CT molecular complexity index is 360. The smallest absolute Gasteiger partial charge is 0.252 e. The second-order valence-corrected chi connectivity index (χ2v) is 5.08. The zero-order chi connectivity index (χ0) is 12.7. The van der Waals surface area contributed by atoms with Gasteiger partial charge in [0.2, 0.25) is 0 Å². The minimum Gasteiger partial charge on any atom is -0.276 e. The van der Waals surface area contributed by atoms with E-state index < -0.39 is 0 Å². The average molecular weight is 253 g/mol. The van der Waals surface area contributed by atoms with Crippen molar-refractivity contribution >= 4 is 16.8 Å². The Morgan fingerprint density at radius 2 is 2.00 bits per heavy atom. The number of hydrogen-bond acceptors (Lipinski definition) is 1. The van der Waals surface area contributed by atoms with E-state index >= 15 is 0 Å². The van der Waals surface area contributed by atoms with Gasteiger partial charge in [-0.1, -0.05) is 57.7 Å². The van der Waals surface area contributed by atoms with Crippen molar-refractivity contribution in [3.63, 3.8) is 0 Å². The highest BCUT2D eigenvalue weighted by Crippen LogP contribution is 2.19. The predicted molar refractivity (Wildman–Crippen MR) is 73.6 cm³/mol. The molecule has 0 radical (unpaired) electrons. The summed E-state index contributed by atoms with van der Waals surface area (Å²) in [5, 5.41) is -0.346. The monoisotopic (exact) mass is 252 g/mol. The quantitative estimate of drug-likeness (QED) is 0.502. The number of carbonyl (C=O) groups is 1. The predicted octanol–water partition coefficient (Wildman–Crippen LogP) is 4.82. The van der Waals surface area contributed by atoms with Gasteiger partial charge in [-0.15, -0.1) is 0 Å². The molecule has 0 aliphatic rings. The number of carbonyl (C=O) groups excluding carboxylic acids is 1. The van der Waals surface area contributed by atoms with Crippen molar-refractivity contribution in [3.05, 3.63) is 35.4 Å². The van der Waals surface area contributed by atoms with Gasteiger partial charge in [-0.05, 0) is 35.6 Å². The highest BCUT2D eigenvalue weighted by Gasteiger charge is 2.11. The van der Waals surface area contributed by atoms with Gasteiger partial charge in [-0.2, -0.15) is 0 Å². The zero-order valence-electron chi connectivity index (χ0n) is 10.7. The van der Waals surface area contributed by atoms with E-state index in [0.717, 1.165) is 12.0 Å². The molecule has 0 heterocycles. The topological polar surface area (TPSA) is 17.1 Å². The molecule has 1 unspecified atom stereocenters. The van der Waals surface area contributed by atoms with Crippen LogP contribution in [0, 0.1) is 5.92 Å². The van der Waals surface area contributed by atoms with Crippen molar-refractivity contribution in [1.29, 1.82) is 0 Å². The molecule has 0 bridgehead atoms. The van der Waals surface area contributed by atoms with Gasteiger partial charge in [-0.3, -0.25) is 4.79 Å². The average Bonchev–Trinajstić information content (AvgIpc) is 2.29. The van der Waals surface area contributed by atoms with Gasteiger partial charge in [-0.25, -0.2) is 0 Å². The molecule has 1 rings (SSSR count). The largest absolute Gasteiger partial charge is 0.276 e. The minimum atomic E-state index is -0.346. The third-order valence-corrected chi connectivity index (χ3v) is 3.30. The molecule has 1 aromatic rings. The summed E-state index contributed by atoms with van der Waals surface area (Å²) in [6.07, 6.45) is 5.98. The summed E-state index contributed by atoms with van der Waals surface area (Å²) in [4.78, 5) is 11.3. The molecule has 1 nitrogen and oxygen atoms in total. The normalized spacial score (nSPS) is 12.4. The summed E-state index contributed by atoms with van der Waals surface area (Å²) in [6.45, 7) is 4.46. The van der Waals surface area contributed by atoms with Gasteiger partial charge in [0.1, 0.15) is 0 Å². The van der Waals surface area contributed by atoms with Crippen LogP contribution in [0.3, 0.4) is 0 Å². The molecule has 0 fully saturated rings.